The minimum atomic E-state index is -5.62. The zero-order chi connectivity index (χ0) is 98.4. The van der Waals surface area contributed by atoms with Gasteiger partial charge >= 0.3 is 73.0 Å². The number of anilines is 4. The first-order valence-electron chi connectivity index (χ1n) is 34.9. The van der Waals surface area contributed by atoms with Crippen molar-refractivity contribution in [2.75, 3.05) is 60.6 Å². The molecule has 11 aromatic rings. The summed E-state index contributed by atoms with van der Waals surface area (Å²) in [5.41, 5.74) is 7.83. The summed E-state index contributed by atoms with van der Waals surface area (Å²) in [5.74, 6) is 0.626. The van der Waals surface area contributed by atoms with Crippen LogP contribution in [0.4, 0.5) is 116 Å². The molecule has 47 nitrogen and oxygen atoms in total. The van der Waals surface area contributed by atoms with Gasteiger partial charge in [-0.3, -0.25) is 61.7 Å². The Morgan fingerprint density at radius 3 is 1.28 bits per heavy atom. The van der Waals surface area contributed by atoms with Gasteiger partial charge in [-0.2, -0.15) is 96.5 Å². The van der Waals surface area contributed by atoms with Crippen molar-refractivity contribution in [1.82, 2.24) is 140 Å². The Morgan fingerprint density at radius 1 is 0.485 bits per heavy atom. The number of nitrogens with two attached hydrogens (primary N) is 3. The molecule has 0 bridgehead atoms. The first-order chi connectivity index (χ1) is 62.1. The number of nitrogens with zero attached hydrogens (tertiary/aromatic N) is 27. The van der Waals surface area contributed by atoms with Gasteiger partial charge in [0.25, 0.3) is 5.91 Å². The van der Waals surface area contributed by atoms with Crippen LogP contribution in [-0.2, 0) is 102 Å². The zero-order valence-corrected chi connectivity index (χ0v) is 67.7. The summed E-state index contributed by atoms with van der Waals surface area (Å²) < 4.78 is 273. The van der Waals surface area contributed by atoms with E-state index in [0.717, 1.165) is 42.5 Å². The normalized spacial score (nSPS) is 12.6. The first-order valence-corrected chi connectivity index (χ1v) is 36.0. The van der Waals surface area contributed by atoms with Crippen molar-refractivity contribution in [1.29, 1.82) is 0 Å². The van der Waals surface area contributed by atoms with E-state index in [4.69, 9.17) is 32.1 Å². The molecular weight excluding hydrogens is 1890 g/mol. The molecule has 0 spiro atoms. The lowest BCUT2D eigenvalue weighted by Gasteiger charge is -2.27. The molecule has 3 aliphatic heterocycles. The number of hydrogen-bond donors (Lipinski definition) is 9. The van der Waals surface area contributed by atoms with Gasteiger partial charge in [0, 0.05) is 126 Å². The molecule has 0 unspecified atom stereocenters. The SMILES string of the molecule is CCOC(=O)c1cnc(N2CCn3c(nnc3C(F)(F)F)C2)nc1.CCOC(=O)c1cnc(SOOC)nc1.Clc1cnccn1.FC(F)(F)c1nnc2cnccn12.FC(F)(F)c1nnc2n1CCNC2.NN.NNc1cnccn1.O=C(NNc1cnccn1)C(F)(F)F.O=C(NO)c1cnc(N2CCn3c(nnc3C(F)(F)F)C2)nc1.O=C(OC(=O)C(F)(F)F)C(F)(F)F. The van der Waals surface area contributed by atoms with Gasteiger partial charge in [0.15, 0.2) is 28.9 Å². The number of hydroxylamine groups is 1. The number of nitrogen functional groups attached to an aromatic ring is 1. The molecule has 2 amide bonds. The first kappa shape index (κ1) is 108. The van der Waals surface area contributed by atoms with Crippen LogP contribution >= 0.6 is 23.6 Å². The highest BCUT2D eigenvalue weighted by Gasteiger charge is 2.50. The number of rotatable bonds is 13. The predicted molar refractivity (Wildman–Crippen MR) is 394 cm³/mol. The minimum absolute atomic E-state index is 0.0186. The predicted octanol–water partition coefficient (Wildman–Crippen LogP) is 5.67. The maximum atomic E-state index is 12.8. The van der Waals surface area contributed by atoms with Gasteiger partial charge in [-0.1, -0.05) is 11.6 Å². The lowest BCUT2D eigenvalue weighted by molar-refractivity contribution is -0.221. The summed E-state index contributed by atoms with van der Waals surface area (Å²) in [6.07, 6.45) is -9.68. The standard InChI is InChI=1S/C13H13F3N6O2.C11H10F3N7O2.C8H10N2O4S.C6H5F3N4O.C6H7F3N4.C6H3F3N4.C4H3ClN2.C4F6O3.C4H6N4.H4N2/c1-2-24-10(23)8-5-17-12(18-6-8)21-3-4-22-9(7-21)19-20-11(22)13(14,15)16;12-11(13,14)9-18-17-7-5-20(1-2-21(7)9)10-15-3-6(4-16-10)8(22)19-23;1-3-13-7(11)6-4-9-8(10-5-6)15-14-12-2;7-6(8,9)5(14)13-12-4-3-10-1-2-11-4;2*7-6(8,9)5-12-11-4-3-10-1-2-13(4)5;5-4-3-6-1-2-7-4;5-3(6,7)1(11)13-2(12)4(8,9)10;5-8-4-3-6-1-2-7-4;1-2/h5-6H,2-4,7H2,1H3;3-4,23H,1-2,5H2,(H,19,22);4-5H,3H2,1-2H3;1-3H,(H,11,12)(H,13,14);10H,1-3H2;1-3H;1-3H;;1-3H,5H2,(H,7,8);1-2H2. The molecule has 0 aliphatic carbocycles. The number of alkyl halides is 21. The Hall–Kier alpha value is -14.4. The van der Waals surface area contributed by atoms with Crippen molar-refractivity contribution in [3.05, 3.63) is 174 Å². The van der Waals surface area contributed by atoms with Crippen molar-refractivity contribution < 1.29 is 150 Å². The maximum absolute atomic E-state index is 12.8. The zero-order valence-electron chi connectivity index (χ0n) is 66.1. The molecule has 70 heteroatoms. The molecule has 12 N–H and O–H groups in total. The third-order valence-corrected chi connectivity index (χ3v) is 15.2. The summed E-state index contributed by atoms with van der Waals surface area (Å²) in [6.45, 7) is 5.91. The quantitative estimate of drug-likeness (QED) is 0.00641. The summed E-state index contributed by atoms with van der Waals surface area (Å²) in [6, 6.07) is 0. The van der Waals surface area contributed by atoms with Crippen LogP contribution < -0.4 is 54.4 Å². The van der Waals surface area contributed by atoms with Gasteiger partial charge in [0.2, 0.25) is 40.4 Å². The molecule has 0 aromatic carbocycles. The Bertz CT molecular complexity index is 5390. The second-order valence-electron chi connectivity index (χ2n) is 23.2. The molecule has 14 rings (SSSR count). The lowest BCUT2D eigenvalue weighted by atomic mass is 10.3. The Morgan fingerprint density at radius 2 is 0.902 bits per heavy atom. The molecule has 716 valence electrons. The molecule has 132 heavy (non-hydrogen) atoms. The second kappa shape index (κ2) is 50.5. The van der Waals surface area contributed by atoms with Crippen molar-refractivity contribution in [2.24, 2.45) is 17.5 Å². The van der Waals surface area contributed by atoms with Crippen LogP contribution in [0.3, 0.4) is 0 Å². The molecule has 0 atom stereocenters. The van der Waals surface area contributed by atoms with E-state index in [1.807, 2.05) is 5.43 Å². The average molecular weight is 1950 g/mol. The fourth-order valence-corrected chi connectivity index (χ4v) is 9.38. The van der Waals surface area contributed by atoms with Gasteiger partial charge in [-0.15, -0.1) is 40.8 Å². The number of carbonyl (C=O) groups is 6. The summed E-state index contributed by atoms with van der Waals surface area (Å²) in [7, 11) is 1.37. The summed E-state index contributed by atoms with van der Waals surface area (Å²) >= 11 is 6.22. The number of hydrogen-bond acceptors (Lipinski definition) is 42. The number of ether oxygens (including phenoxy) is 3. The van der Waals surface area contributed by atoms with E-state index in [9.17, 15) is 121 Å². The number of esters is 4. The van der Waals surface area contributed by atoms with E-state index in [1.165, 1.54) is 86.2 Å². The average Bonchev–Trinajstić information content (AvgIpc) is 1.62. The molecule has 0 saturated carbocycles. The number of aromatic nitrogens is 25. The fourth-order valence-electron chi connectivity index (χ4n) is 8.95. The fraction of sp³-hybridized carbons (Fsp3) is 0.339. The number of halogens is 22. The highest BCUT2D eigenvalue weighted by atomic mass is 35.5. The van der Waals surface area contributed by atoms with Crippen LogP contribution in [0.25, 0.3) is 5.65 Å². The number of nitrogens with one attached hydrogen (secondary N) is 5. The molecule has 0 fully saturated rings. The number of hydrazine groups is 3. The van der Waals surface area contributed by atoms with Crippen LogP contribution in [0.5, 0.6) is 0 Å². The Balaban J connectivity index is 0.000000268. The van der Waals surface area contributed by atoms with Crippen molar-refractivity contribution in [2.45, 2.75) is 102 Å². The van der Waals surface area contributed by atoms with Crippen molar-refractivity contribution in [3.63, 3.8) is 0 Å². The summed E-state index contributed by atoms with van der Waals surface area (Å²) in [5, 5.41) is 38.7. The number of fused-ring (bicyclic) bond motifs is 4. The van der Waals surface area contributed by atoms with Gasteiger partial charge in [-0.25, -0.2) is 80.2 Å². The Labute approximate surface area is 729 Å². The Kier molecular flexibility index (Phi) is 41.4. The van der Waals surface area contributed by atoms with Gasteiger partial charge in [-0.05, 0) is 13.8 Å². The van der Waals surface area contributed by atoms with Crippen LogP contribution in [0.2, 0.25) is 5.15 Å². The van der Waals surface area contributed by atoms with Crippen LogP contribution in [0, 0.1) is 0 Å². The molecule has 11 aromatic heterocycles. The third kappa shape index (κ3) is 34.9. The van der Waals surface area contributed by atoms with E-state index in [1.54, 1.807) is 54.6 Å². The molecular formula is C62H61ClF21N35O12S. The third-order valence-electron chi connectivity index (χ3n) is 14.4. The van der Waals surface area contributed by atoms with Crippen molar-refractivity contribution >= 4 is 88.5 Å². The number of amides is 2. The highest BCUT2D eigenvalue weighted by molar-refractivity contribution is 7.94. The lowest BCUT2D eigenvalue weighted by Crippen LogP contribution is -2.40. The molecule has 0 radical (unpaired) electrons. The van der Waals surface area contributed by atoms with Crippen LogP contribution in [-0.4, -0.2) is 223 Å². The van der Waals surface area contributed by atoms with E-state index in [-0.39, 0.29) is 92.6 Å². The van der Waals surface area contributed by atoms with E-state index >= 15 is 0 Å². The largest absolute Gasteiger partial charge is 0.491 e. The van der Waals surface area contributed by atoms with E-state index < -0.39 is 102 Å². The highest BCUT2D eigenvalue weighted by Crippen LogP contribution is 2.34. The monoisotopic (exact) mass is 1950 g/mol. The molecule has 3 aliphatic rings. The topological polar surface area (TPSA) is 603 Å². The van der Waals surface area contributed by atoms with Gasteiger partial charge < -0.3 is 48.5 Å². The number of carbonyl (C=O) groups excluding carboxylic acids is 6. The van der Waals surface area contributed by atoms with E-state index in [2.05, 4.69) is 142 Å². The second-order valence-corrected chi connectivity index (χ2v) is 24.3. The van der Waals surface area contributed by atoms with Gasteiger partial charge in [0.05, 0.1) is 81.4 Å². The van der Waals surface area contributed by atoms with Gasteiger partial charge in [0.1, 0.15) is 23.0 Å². The molecule has 14 heterocycles. The smallest absolute Gasteiger partial charge is 0.462 e. The van der Waals surface area contributed by atoms with Crippen LogP contribution in [0.1, 0.15) is 85.7 Å². The van der Waals surface area contributed by atoms with E-state index in [0.29, 0.717) is 53.2 Å². The maximum Gasteiger partial charge on any atom is 0.491 e. The van der Waals surface area contributed by atoms with Crippen LogP contribution in [0.15, 0.2) is 117 Å². The summed E-state index contributed by atoms with van der Waals surface area (Å²) in [4.78, 5) is 121. The minimum Gasteiger partial charge on any atom is -0.462 e. The van der Waals surface area contributed by atoms with Crippen molar-refractivity contribution in [3.8, 4) is 0 Å². The molecule has 0 saturated heterocycles.